The Balaban J connectivity index is 2.01. The Hall–Kier alpha value is -1.89. The van der Waals surface area contributed by atoms with Crippen molar-refractivity contribution in [3.63, 3.8) is 0 Å². The molecular formula is C13H14ClF2N3O2. The molecule has 0 bridgehead atoms. The number of nitrogens with one attached hydrogen (secondary N) is 1. The summed E-state index contributed by atoms with van der Waals surface area (Å²) < 4.78 is 26.8. The maximum atomic E-state index is 13.6. The van der Waals surface area contributed by atoms with E-state index in [2.05, 4.69) is 5.32 Å². The molecule has 1 aromatic rings. The number of carbonyl (C=O) groups excluding carboxylic acids is 2. The van der Waals surface area contributed by atoms with E-state index in [9.17, 15) is 18.4 Å². The van der Waals surface area contributed by atoms with Crippen molar-refractivity contribution in [2.75, 3.05) is 6.54 Å². The van der Waals surface area contributed by atoms with Crippen molar-refractivity contribution in [3.8, 4) is 0 Å². The van der Waals surface area contributed by atoms with Crippen LogP contribution in [-0.4, -0.2) is 29.4 Å². The van der Waals surface area contributed by atoms with Crippen LogP contribution < -0.4 is 11.1 Å². The van der Waals surface area contributed by atoms with E-state index in [1.54, 1.807) is 0 Å². The van der Waals surface area contributed by atoms with Crippen LogP contribution >= 0.6 is 11.6 Å². The van der Waals surface area contributed by atoms with E-state index in [1.165, 1.54) is 4.90 Å². The van der Waals surface area contributed by atoms with Gasteiger partial charge in [0.15, 0.2) is 0 Å². The molecular weight excluding hydrogens is 304 g/mol. The summed E-state index contributed by atoms with van der Waals surface area (Å²) in [5.41, 5.74) is 5.16. The van der Waals surface area contributed by atoms with Crippen LogP contribution in [0, 0.1) is 11.6 Å². The smallest absolute Gasteiger partial charge is 0.315 e. The second-order valence-corrected chi connectivity index (χ2v) is 5.17. The van der Waals surface area contributed by atoms with Crippen LogP contribution in [0.2, 0.25) is 5.02 Å². The molecule has 3 amide bonds. The molecule has 0 saturated carbocycles. The third-order valence-electron chi connectivity index (χ3n) is 3.38. The van der Waals surface area contributed by atoms with Crippen molar-refractivity contribution in [2.45, 2.75) is 25.4 Å². The molecule has 0 spiro atoms. The van der Waals surface area contributed by atoms with E-state index >= 15 is 0 Å². The Morgan fingerprint density at radius 3 is 2.76 bits per heavy atom. The van der Waals surface area contributed by atoms with Gasteiger partial charge in [0.25, 0.3) is 0 Å². The van der Waals surface area contributed by atoms with E-state index in [-0.39, 0.29) is 17.1 Å². The molecule has 2 rings (SSSR count). The highest BCUT2D eigenvalue weighted by Gasteiger charge is 2.32. The molecule has 0 aliphatic carbocycles. The van der Waals surface area contributed by atoms with Crippen LogP contribution in [-0.2, 0) is 11.3 Å². The fourth-order valence-electron chi connectivity index (χ4n) is 2.30. The van der Waals surface area contributed by atoms with Gasteiger partial charge >= 0.3 is 6.03 Å². The molecule has 1 heterocycles. The number of benzene rings is 1. The zero-order valence-corrected chi connectivity index (χ0v) is 11.8. The first-order valence-corrected chi connectivity index (χ1v) is 6.75. The van der Waals surface area contributed by atoms with Gasteiger partial charge in [-0.3, -0.25) is 4.79 Å². The van der Waals surface area contributed by atoms with Crippen molar-refractivity contribution >= 4 is 23.5 Å². The largest absolute Gasteiger partial charge is 0.351 e. The Bertz CT molecular complexity index is 583. The van der Waals surface area contributed by atoms with Crippen molar-refractivity contribution < 1.29 is 18.4 Å². The Kier molecular flexibility index (Phi) is 4.62. The Morgan fingerprint density at radius 1 is 1.38 bits per heavy atom. The number of amides is 3. The van der Waals surface area contributed by atoms with Crippen LogP contribution in [0.25, 0.3) is 0 Å². The van der Waals surface area contributed by atoms with Gasteiger partial charge in [0.2, 0.25) is 5.91 Å². The highest BCUT2D eigenvalue weighted by molar-refractivity contribution is 6.30. The summed E-state index contributed by atoms with van der Waals surface area (Å²) in [6.45, 7) is 0.221. The fourth-order valence-corrected chi connectivity index (χ4v) is 2.45. The average Bonchev–Trinajstić information content (AvgIpc) is 2.90. The molecule has 1 aromatic carbocycles. The highest BCUT2D eigenvalue weighted by atomic mass is 35.5. The average molecular weight is 318 g/mol. The van der Waals surface area contributed by atoms with E-state index in [0.29, 0.717) is 19.4 Å². The second kappa shape index (κ2) is 6.26. The Labute approximate surface area is 125 Å². The summed E-state index contributed by atoms with van der Waals surface area (Å²) in [5, 5.41) is 2.15. The van der Waals surface area contributed by atoms with E-state index in [0.717, 1.165) is 12.1 Å². The summed E-state index contributed by atoms with van der Waals surface area (Å²) in [7, 11) is 0. The molecule has 0 aromatic heterocycles. The SMILES string of the molecule is NC(=O)N1CCC[C@H]1C(=O)NCc1cc(F)c(Cl)cc1F. The second-order valence-electron chi connectivity index (χ2n) is 4.77. The number of hydrogen-bond donors (Lipinski definition) is 2. The first-order valence-electron chi connectivity index (χ1n) is 6.37. The molecule has 21 heavy (non-hydrogen) atoms. The molecule has 1 saturated heterocycles. The summed E-state index contributed by atoms with van der Waals surface area (Å²) in [6, 6.07) is 0.446. The van der Waals surface area contributed by atoms with Crippen LogP contribution in [0.15, 0.2) is 12.1 Å². The number of nitrogens with zero attached hydrogens (tertiary/aromatic N) is 1. The first kappa shape index (κ1) is 15.5. The van der Waals surface area contributed by atoms with Crippen molar-refractivity contribution in [1.29, 1.82) is 0 Å². The lowest BCUT2D eigenvalue weighted by Crippen LogP contribution is -2.47. The lowest BCUT2D eigenvalue weighted by molar-refractivity contribution is -0.124. The van der Waals surface area contributed by atoms with Gasteiger partial charge in [0, 0.05) is 18.7 Å². The number of nitrogens with two attached hydrogens (primary N) is 1. The molecule has 114 valence electrons. The molecule has 5 nitrogen and oxygen atoms in total. The van der Waals surface area contributed by atoms with E-state index in [4.69, 9.17) is 17.3 Å². The van der Waals surface area contributed by atoms with Crippen LogP contribution in [0.4, 0.5) is 13.6 Å². The van der Waals surface area contributed by atoms with E-state index < -0.39 is 29.6 Å². The van der Waals surface area contributed by atoms with Crippen molar-refractivity contribution in [1.82, 2.24) is 10.2 Å². The number of primary amides is 1. The standard InChI is InChI=1S/C13H14ClF2N3O2/c14-8-5-9(15)7(4-10(8)16)6-18-12(20)11-2-1-3-19(11)13(17)21/h4-5,11H,1-3,6H2,(H2,17,21)(H,18,20)/t11-/m0/s1. The summed E-state index contributed by atoms with van der Waals surface area (Å²) in [6.07, 6.45) is 1.16. The molecule has 1 aliphatic rings. The van der Waals surface area contributed by atoms with Crippen LogP contribution in [0.5, 0.6) is 0 Å². The Morgan fingerprint density at radius 2 is 2.10 bits per heavy atom. The van der Waals surface area contributed by atoms with Gasteiger partial charge in [-0.1, -0.05) is 11.6 Å². The number of urea groups is 1. The van der Waals surface area contributed by atoms with Gasteiger partial charge in [0.05, 0.1) is 5.02 Å². The summed E-state index contributed by atoms with van der Waals surface area (Å²) >= 11 is 5.45. The minimum absolute atomic E-state index is 0.0196. The normalized spacial score (nSPS) is 17.9. The number of halogens is 3. The third-order valence-corrected chi connectivity index (χ3v) is 3.67. The molecule has 1 atom stereocenters. The third kappa shape index (κ3) is 3.41. The van der Waals surface area contributed by atoms with Gasteiger partial charge in [-0.25, -0.2) is 13.6 Å². The minimum atomic E-state index is -0.762. The number of carbonyl (C=O) groups is 2. The van der Waals surface area contributed by atoms with E-state index in [1.807, 2.05) is 0 Å². The lowest BCUT2D eigenvalue weighted by atomic mass is 10.1. The minimum Gasteiger partial charge on any atom is -0.351 e. The molecule has 8 heteroatoms. The molecule has 3 N–H and O–H groups in total. The fraction of sp³-hybridized carbons (Fsp3) is 0.385. The lowest BCUT2D eigenvalue weighted by Gasteiger charge is -2.21. The monoisotopic (exact) mass is 317 g/mol. The van der Waals surface area contributed by atoms with Gasteiger partial charge in [-0.05, 0) is 25.0 Å². The van der Waals surface area contributed by atoms with Gasteiger partial charge in [-0.2, -0.15) is 0 Å². The molecule has 1 aliphatic heterocycles. The quantitative estimate of drug-likeness (QED) is 0.834. The van der Waals surface area contributed by atoms with Crippen molar-refractivity contribution in [2.24, 2.45) is 5.73 Å². The van der Waals surface area contributed by atoms with Crippen molar-refractivity contribution in [3.05, 3.63) is 34.4 Å². The zero-order chi connectivity index (χ0) is 15.6. The number of hydrogen-bond acceptors (Lipinski definition) is 2. The maximum Gasteiger partial charge on any atom is 0.315 e. The van der Waals surface area contributed by atoms with Crippen LogP contribution in [0.1, 0.15) is 18.4 Å². The van der Waals surface area contributed by atoms with Gasteiger partial charge in [-0.15, -0.1) is 0 Å². The first-order chi connectivity index (χ1) is 9.90. The number of likely N-dealkylation sites (tertiary alicyclic amines) is 1. The molecule has 0 radical (unpaired) electrons. The zero-order valence-electron chi connectivity index (χ0n) is 11.0. The highest BCUT2D eigenvalue weighted by Crippen LogP contribution is 2.20. The van der Waals surface area contributed by atoms with Crippen LogP contribution in [0.3, 0.4) is 0 Å². The van der Waals surface area contributed by atoms with Gasteiger partial charge in [0.1, 0.15) is 17.7 Å². The predicted molar refractivity (Wildman–Crippen MR) is 72.5 cm³/mol. The molecule has 0 unspecified atom stereocenters. The summed E-state index contributed by atoms with van der Waals surface area (Å²) in [4.78, 5) is 24.4. The molecule has 1 fully saturated rings. The number of rotatable bonds is 3. The summed E-state index contributed by atoms with van der Waals surface area (Å²) in [5.74, 6) is -1.91. The predicted octanol–water partition coefficient (Wildman–Crippen LogP) is 1.78. The topological polar surface area (TPSA) is 75.4 Å². The maximum absolute atomic E-state index is 13.6. The van der Waals surface area contributed by atoms with Gasteiger partial charge < -0.3 is 16.0 Å².